The first kappa shape index (κ1) is 9.08. The normalized spacial score (nSPS) is 17.8. The Hall–Kier alpha value is -1.49. The van der Waals surface area contributed by atoms with Gasteiger partial charge in [-0.25, -0.2) is 0 Å². The van der Waals surface area contributed by atoms with Gasteiger partial charge in [0.2, 0.25) is 0 Å². The smallest absolute Gasteiger partial charge is 0.287 e. The van der Waals surface area contributed by atoms with Gasteiger partial charge < -0.3 is 5.11 Å². The van der Waals surface area contributed by atoms with Crippen molar-refractivity contribution < 1.29 is 10.0 Å². The third kappa shape index (κ3) is 1.35. The molecule has 1 heterocycles. The number of aromatic nitrogens is 1. The first-order chi connectivity index (χ1) is 6.68. The molecular weight excluding hydrogens is 184 g/mol. The number of aliphatic hydroxyl groups excluding tert-OH is 1. The highest BCUT2D eigenvalue weighted by Gasteiger charge is 2.45. The Morgan fingerprint density at radius 2 is 2.29 bits per heavy atom. The quantitative estimate of drug-likeness (QED) is 0.575. The number of pyridine rings is 1. The van der Waals surface area contributed by atoms with E-state index < -0.39 is 4.92 Å². The van der Waals surface area contributed by atoms with E-state index in [0.717, 1.165) is 18.5 Å². The Balaban J connectivity index is 2.26. The molecule has 5 heteroatoms. The van der Waals surface area contributed by atoms with Gasteiger partial charge in [-0.2, -0.15) is 0 Å². The van der Waals surface area contributed by atoms with Gasteiger partial charge in [-0.15, -0.1) is 0 Å². The predicted molar refractivity (Wildman–Crippen MR) is 48.9 cm³/mol. The molecule has 0 aromatic carbocycles. The minimum Gasteiger partial charge on any atom is -0.395 e. The van der Waals surface area contributed by atoms with Crippen molar-refractivity contribution in [3.63, 3.8) is 0 Å². The average Bonchev–Trinajstić information content (AvgIpc) is 2.99. The van der Waals surface area contributed by atoms with Crippen LogP contribution in [-0.4, -0.2) is 21.6 Å². The van der Waals surface area contributed by atoms with Crippen LogP contribution in [0.15, 0.2) is 18.3 Å². The second-order valence-electron chi connectivity index (χ2n) is 3.60. The number of nitro groups is 1. The number of hydrogen-bond donors (Lipinski definition) is 1. The molecule has 0 radical (unpaired) electrons. The zero-order valence-electron chi connectivity index (χ0n) is 7.51. The van der Waals surface area contributed by atoms with Gasteiger partial charge in [-0.3, -0.25) is 15.1 Å². The Morgan fingerprint density at radius 1 is 1.57 bits per heavy atom. The fraction of sp³-hybridized carbons (Fsp3) is 0.444. The summed E-state index contributed by atoms with van der Waals surface area (Å²) in [6.45, 7) is 0.0673. The molecule has 14 heavy (non-hydrogen) atoms. The van der Waals surface area contributed by atoms with Crippen LogP contribution in [0.3, 0.4) is 0 Å². The number of nitrogens with zero attached hydrogens (tertiary/aromatic N) is 2. The van der Waals surface area contributed by atoms with Crippen molar-refractivity contribution in [1.29, 1.82) is 0 Å². The van der Waals surface area contributed by atoms with Crippen LogP contribution < -0.4 is 0 Å². The Morgan fingerprint density at radius 3 is 2.64 bits per heavy atom. The summed E-state index contributed by atoms with van der Waals surface area (Å²) in [6, 6.07) is 3.05. The first-order valence-corrected chi connectivity index (χ1v) is 4.40. The van der Waals surface area contributed by atoms with Gasteiger partial charge in [0.25, 0.3) is 5.69 Å². The molecule has 2 rings (SSSR count). The summed E-state index contributed by atoms with van der Waals surface area (Å²) in [5.74, 6) is 0. The highest BCUT2D eigenvalue weighted by atomic mass is 16.6. The second-order valence-corrected chi connectivity index (χ2v) is 3.60. The monoisotopic (exact) mass is 194 g/mol. The lowest BCUT2D eigenvalue weighted by Crippen LogP contribution is -2.13. The van der Waals surface area contributed by atoms with E-state index in [4.69, 9.17) is 5.11 Å². The van der Waals surface area contributed by atoms with Crippen LogP contribution in [0.2, 0.25) is 0 Å². The molecule has 1 saturated carbocycles. The summed E-state index contributed by atoms with van der Waals surface area (Å²) in [7, 11) is 0. The zero-order valence-corrected chi connectivity index (χ0v) is 7.51. The topological polar surface area (TPSA) is 76.3 Å². The zero-order chi connectivity index (χ0) is 10.2. The SMILES string of the molecule is O=[N+]([O-])c1ccc(C2(CO)CC2)nc1. The molecule has 1 fully saturated rings. The van der Waals surface area contributed by atoms with Crippen LogP contribution in [0.25, 0.3) is 0 Å². The average molecular weight is 194 g/mol. The summed E-state index contributed by atoms with van der Waals surface area (Å²) in [4.78, 5) is 13.9. The summed E-state index contributed by atoms with van der Waals surface area (Å²) >= 11 is 0. The van der Waals surface area contributed by atoms with Crippen molar-refractivity contribution in [2.24, 2.45) is 0 Å². The van der Waals surface area contributed by atoms with E-state index in [1.807, 2.05) is 0 Å². The fourth-order valence-electron chi connectivity index (χ4n) is 1.45. The highest BCUT2D eigenvalue weighted by Crippen LogP contribution is 2.46. The van der Waals surface area contributed by atoms with Crippen LogP contribution in [0, 0.1) is 10.1 Å². The van der Waals surface area contributed by atoms with Crippen LogP contribution >= 0.6 is 0 Å². The molecule has 0 atom stereocenters. The van der Waals surface area contributed by atoms with Gasteiger partial charge in [0.05, 0.1) is 11.5 Å². The number of aliphatic hydroxyl groups is 1. The lowest BCUT2D eigenvalue weighted by Gasteiger charge is -2.09. The Kier molecular flexibility index (Phi) is 1.96. The lowest BCUT2D eigenvalue weighted by atomic mass is 10.0. The largest absolute Gasteiger partial charge is 0.395 e. The molecule has 1 N–H and O–H groups in total. The van der Waals surface area contributed by atoms with Gasteiger partial charge >= 0.3 is 0 Å². The van der Waals surface area contributed by atoms with Crippen LogP contribution in [-0.2, 0) is 5.41 Å². The molecule has 0 unspecified atom stereocenters. The van der Waals surface area contributed by atoms with Crippen LogP contribution in [0.1, 0.15) is 18.5 Å². The van der Waals surface area contributed by atoms with Gasteiger partial charge in [-0.05, 0) is 18.9 Å². The highest BCUT2D eigenvalue weighted by molar-refractivity contribution is 5.32. The minimum absolute atomic E-state index is 0.0116. The van der Waals surface area contributed by atoms with E-state index in [2.05, 4.69) is 4.98 Å². The molecule has 1 aromatic rings. The number of rotatable bonds is 3. The number of hydrogen-bond acceptors (Lipinski definition) is 4. The van der Waals surface area contributed by atoms with Crippen molar-refractivity contribution in [2.45, 2.75) is 18.3 Å². The lowest BCUT2D eigenvalue weighted by molar-refractivity contribution is -0.385. The summed E-state index contributed by atoms with van der Waals surface area (Å²) in [5, 5.41) is 19.5. The summed E-state index contributed by atoms with van der Waals surface area (Å²) in [6.07, 6.45) is 3.06. The van der Waals surface area contributed by atoms with Crippen molar-refractivity contribution in [1.82, 2.24) is 4.98 Å². The van der Waals surface area contributed by atoms with E-state index >= 15 is 0 Å². The molecule has 0 aliphatic heterocycles. The fourth-order valence-corrected chi connectivity index (χ4v) is 1.45. The van der Waals surface area contributed by atoms with Crippen LogP contribution in [0.5, 0.6) is 0 Å². The molecule has 0 bridgehead atoms. The van der Waals surface area contributed by atoms with E-state index in [1.165, 1.54) is 12.3 Å². The standard InChI is InChI=1S/C9H10N2O3/c12-6-9(3-4-9)8-2-1-7(5-10-8)11(13)14/h1-2,5,12H,3-4,6H2. The first-order valence-electron chi connectivity index (χ1n) is 4.40. The second kappa shape index (κ2) is 3.02. The van der Waals surface area contributed by atoms with Crippen molar-refractivity contribution in [3.05, 3.63) is 34.1 Å². The third-order valence-electron chi connectivity index (χ3n) is 2.66. The van der Waals surface area contributed by atoms with Gasteiger partial charge in [0.1, 0.15) is 6.20 Å². The van der Waals surface area contributed by atoms with E-state index in [0.29, 0.717) is 0 Å². The molecule has 74 valence electrons. The maximum atomic E-state index is 10.4. The molecule has 0 saturated heterocycles. The Bertz CT molecular complexity index is 357. The van der Waals surface area contributed by atoms with E-state index in [9.17, 15) is 10.1 Å². The van der Waals surface area contributed by atoms with Crippen molar-refractivity contribution in [2.75, 3.05) is 6.61 Å². The molecule has 1 aromatic heterocycles. The maximum Gasteiger partial charge on any atom is 0.287 e. The molecule has 1 aliphatic carbocycles. The predicted octanol–water partition coefficient (Wildman–Crippen LogP) is 1.01. The van der Waals surface area contributed by atoms with Gasteiger partial charge in [0, 0.05) is 17.2 Å². The molecule has 1 aliphatic rings. The van der Waals surface area contributed by atoms with Gasteiger partial charge in [-0.1, -0.05) is 0 Å². The van der Waals surface area contributed by atoms with Crippen molar-refractivity contribution >= 4 is 5.69 Å². The maximum absolute atomic E-state index is 10.4. The molecule has 0 spiro atoms. The van der Waals surface area contributed by atoms with E-state index in [-0.39, 0.29) is 17.7 Å². The molecule has 5 nitrogen and oxygen atoms in total. The molecule has 0 amide bonds. The summed E-state index contributed by atoms with van der Waals surface area (Å²) < 4.78 is 0. The Labute approximate surface area is 80.6 Å². The summed E-state index contributed by atoms with van der Waals surface area (Å²) in [5.41, 5.74) is 0.530. The van der Waals surface area contributed by atoms with Crippen LogP contribution in [0.4, 0.5) is 5.69 Å². The minimum atomic E-state index is -0.477. The van der Waals surface area contributed by atoms with Gasteiger partial charge in [0.15, 0.2) is 0 Å². The molecular formula is C9H10N2O3. The van der Waals surface area contributed by atoms with E-state index in [1.54, 1.807) is 6.07 Å². The third-order valence-corrected chi connectivity index (χ3v) is 2.66. The van der Waals surface area contributed by atoms with Crippen molar-refractivity contribution in [3.8, 4) is 0 Å².